The second-order valence-electron chi connectivity index (χ2n) is 4.98. The maximum absolute atomic E-state index is 9.10. The first-order valence-corrected chi connectivity index (χ1v) is 7.31. The van der Waals surface area contributed by atoms with Crippen molar-refractivity contribution in [3.05, 3.63) is 65.7 Å². The molecule has 0 aliphatic rings. The van der Waals surface area contributed by atoms with E-state index in [2.05, 4.69) is 48.6 Å². The van der Waals surface area contributed by atoms with Gasteiger partial charge in [0.2, 0.25) is 0 Å². The Bertz CT molecular complexity index is 645. The normalized spacial score (nSPS) is 10.9. The fourth-order valence-corrected chi connectivity index (χ4v) is 1.91. The molecule has 2 rings (SSSR count). The molecule has 24 heavy (non-hydrogen) atoms. The molecule has 1 unspecified atom stereocenters. The molecule has 2 aromatic carbocycles. The second-order valence-corrected chi connectivity index (χ2v) is 4.98. The maximum atomic E-state index is 9.10. The van der Waals surface area contributed by atoms with Crippen LogP contribution in [0.2, 0.25) is 0 Å². The number of benzene rings is 2. The summed E-state index contributed by atoms with van der Waals surface area (Å²) in [6, 6.07) is 18.9. The molecule has 0 heterocycles. The molecular formula is C18H21NO5. The van der Waals surface area contributed by atoms with E-state index < -0.39 is 11.9 Å². The third-order valence-electron chi connectivity index (χ3n) is 3.23. The molecule has 0 bridgehead atoms. The van der Waals surface area contributed by atoms with Gasteiger partial charge in [-0.3, -0.25) is 0 Å². The Hall–Kier alpha value is -2.86. The number of rotatable bonds is 5. The molecule has 3 N–H and O–H groups in total. The number of methoxy groups -OCH3 is 1. The Kier molecular flexibility index (Phi) is 8.01. The van der Waals surface area contributed by atoms with E-state index >= 15 is 0 Å². The zero-order valence-corrected chi connectivity index (χ0v) is 13.6. The SMILES string of the molecule is COc1cccc(CNC(C)c2ccccc2)c1.O=C(O)C(=O)O. The van der Waals surface area contributed by atoms with Gasteiger partial charge in [0.1, 0.15) is 5.75 Å². The third kappa shape index (κ3) is 6.93. The summed E-state index contributed by atoms with van der Waals surface area (Å²) in [6.45, 7) is 3.02. The lowest BCUT2D eigenvalue weighted by Gasteiger charge is -2.14. The van der Waals surface area contributed by atoms with Gasteiger partial charge in [0.15, 0.2) is 0 Å². The van der Waals surface area contributed by atoms with Crippen molar-refractivity contribution in [2.45, 2.75) is 19.5 Å². The number of hydrogen-bond donors (Lipinski definition) is 3. The van der Waals surface area contributed by atoms with Crippen molar-refractivity contribution in [1.29, 1.82) is 0 Å². The molecule has 128 valence electrons. The van der Waals surface area contributed by atoms with Crippen LogP contribution in [0.3, 0.4) is 0 Å². The molecule has 0 fully saturated rings. The van der Waals surface area contributed by atoms with Crippen LogP contribution in [-0.2, 0) is 16.1 Å². The molecule has 2 aromatic rings. The largest absolute Gasteiger partial charge is 0.497 e. The molecular weight excluding hydrogens is 310 g/mol. The Labute approximate surface area is 140 Å². The lowest BCUT2D eigenvalue weighted by Crippen LogP contribution is -2.17. The summed E-state index contributed by atoms with van der Waals surface area (Å²) < 4.78 is 5.22. The number of ether oxygens (including phenoxy) is 1. The Balaban J connectivity index is 0.000000413. The Morgan fingerprint density at radius 3 is 2.21 bits per heavy atom. The minimum absolute atomic E-state index is 0.345. The van der Waals surface area contributed by atoms with E-state index in [9.17, 15) is 0 Å². The molecule has 0 aliphatic heterocycles. The van der Waals surface area contributed by atoms with Crippen molar-refractivity contribution in [3.63, 3.8) is 0 Å². The van der Waals surface area contributed by atoms with E-state index in [0.29, 0.717) is 6.04 Å². The minimum Gasteiger partial charge on any atom is -0.497 e. The lowest BCUT2D eigenvalue weighted by molar-refractivity contribution is -0.159. The monoisotopic (exact) mass is 331 g/mol. The topological polar surface area (TPSA) is 95.9 Å². The number of aliphatic carboxylic acids is 2. The predicted octanol–water partition coefficient (Wildman–Crippen LogP) is 2.70. The Morgan fingerprint density at radius 1 is 1.04 bits per heavy atom. The molecule has 0 saturated heterocycles. The van der Waals surface area contributed by atoms with Crippen molar-refractivity contribution < 1.29 is 24.5 Å². The molecule has 0 radical (unpaired) electrons. The zero-order valence-electron chi connectivity index (χ0n) is 13.6. The van der Waals surface area contributed by atoms with Crippen molar-refractivity contribution in [2.24, 2.45) is 0 Å². The van der Waals surface area contributed by atoms with Gasteiger partial charge in [0.05, 0.1) is 7.11 Å². The van der Waals surface area contributed by atoms with E-state index in [1.54, 1.807) is 7.11 Å². The van der Waals surface area contributed by atoms with E-state index in [1.807, 2.05) is 18.2 Å². The van der Waals surface area contributed by atoms with Gasteiger partial charge in [-0.2, -0.15) is 0 Å². The van der Waals surface area contributed by atoms with Gasteiger partial charge in [0, 0.05) is 12.6 Å². The van der Waals surface area contributed by atoms with Crippen molar-refractivity contribution in [3.8, 4) is 5.75 Å². The summed E-state index contributed by atoms with van der Waals surface area (Å²) in [4.78, 5) is 18.2. The van der Waals surface area contributed by atoms with Crippen molar-refractivity contribution in [1.82, 2.24) is 5.32 Å². The first-order valence-electron chi connectivity index (χ1n) is 7.31. The smallest absolute Gasteiger partial charge is 0.414 e. The average Bonchev–Trinajstić information content (AvgIpc) is 2.61. The number of carbonyl (C=O) groups is 2. The third-order valence-corrected chi connectivity index (χ3v) is 3.23. The summed E-state index contributed by atoms with van der Waals surface area (Å²) in [5.74, 6) is -2.74. The maximum Gasteiger partial charge on any atom is 0.414 e. The highest BCUT2D eigenvalue weighted by Crippen LogP contribution is 2.15. The molecule has 0 amide bonds. The number of nitrogens with one attached hydrogen (secondary N) is 1. The molecule has 0 aromatic heterocycles. The van der Waals surface area contributed by atoms with Gasteiger partial charge in [-0.1, -0.05) is 42.5 Å². The number of hydrogen-bond acceptors (Lipinski definition) is 4. The van der Waals surface area contributed by atoms with Crippen molar-refractivity contribution >= 4 is 11.9 Å². The van der Waals surface area contributed by atoms with Crippen LogP contribution in [0.4, 0.5) is 0 Å². The van der Waals surface area contributed by atoms with Gasteiger partial charge in [0.25, 0.3) is 0 Å². The second kappa shape index (κ2) is 10.0. The quantitative estimate of drug-likeness (QED) is 0.729. The van der Waals surface area contributed by atoms with Crippen LogP contribution in [0.5, 0.6) is 5.75 Å². The molecule has 6 heteroatoms. The van der Waals surface area contributed by atoms with Gasteiger partial charge < -0.3 is 20.3 Å². The van der Waals surface area contributed by atoms with Crippen LogP contribution in [0, 0.1) is 0 Å². The average molecular weight is 331 g/mol. The summed E-state index contributed by atoms with van der Waals surface area (Å²) in [7, 11) is 1.69. The summed E-state index contributed by atoms with van der Waals surface area (Å²) in [5, 5.41) is 18.3. The van der Waals surface area contributed by atoms with Gasteiger partial charge >= 0.3 is 11.9 Å². The molecule has 6 nitrogen and oxygen atoms in total. The predicted molar refractivity (Wildman–Crippen MR) is 90.0 cm³/mol. The zero-order chi connectivity index (χ0) is 17.9. The number of carboxylic acids is 2. The van der Waals surface area contributed by atoms with E-state index in [4.69, 9.17) is 24.5 Å². The molecule has 1 atom stereocenters. The van der Waals surface area contributed by atoms with Gasteiger partial charge in [-0.05, 0) is 30.2 Å². The van der Waals surface area contributed by atoms with Crippen LogP contribution in [0.1, 0.15) is 24.1 Å². The van der Waals surface area contributed by atoms with Crippen LogP contribution < -0.4 is 10.1 Å². The summed E-state index contributed by atoms with van der Waals surface area (Å²) in [5.41, 5.74) is 2.54. The van der Waals surface area contributed by atoms with E-state index in [-0.39, 0.29) is 0 Å². The highest BCUT2D eigenvalue weighted by molar-refractivity contribution is 6.27. The minimum atomic E-state index is -1.82. The molecule has 0 spiro atoms. The van der Waals surface area contributed by atoms with Gasteiger partial charge in [-0.25, -0.2) is 9.59 Å². The van der Waals surface area contributed by atoms with E-state index in [1.165, 1.54) is 11.1 Å². The summed E-state index contributed by atoms with van der Waals surface area (Å²) >= 11 is 0. The molecule has 0 aliphatic carbocycles. The standard InChI is InChI=1S/C16H19NO.C2H2O4/c1-13(15-8-4-3-5-9-15)17-12-14-7-6-10-16(11-14)18-2;3-1(4)2(5)6/h3-11,13,17H,12H2,1-2H3;(H,3,4)(H,5,6). The Morgan fingerprint density at radius 2 is 1.67 bits per heavy atom. The fourth-order valence-electron chi connectivity index (χ4n) is 1.91. The summed E-state index contributed by atoms with van der Waals surface area (Å²) in [6.07, 6.45) is 0. The van der Waals surface area contributed by atoms with Crippen LogP contribution in [0.15, 0.2) is 54.6 Å². The van der Waals surface area contributed by atoms with Crippen LogP contribution >= 0.6 is 0 Å². The lowest BCUT2D eigenvalue weighted by atomic mass is 10.1. The van der Waals surface area contributed by atoms with Crippen molar-refractivity contribution in [2.75, 3.05) is 7.11 Å². The molecule has 0 saturated carbocycles. The number of carboxylic acid groups (broad SMARTS) is 2. The van der Waals surface area contributed by atoms with Gasteiger partial charge in [-0.15, -0.1) is 0 Å². The first-order chi connectivity index (χ1) is 11.4. The fraction of sp³-hybridized carbons (Fsp3) is 0.222. The van der Waals surface area contributed by atoms with Crippen LogP contribution in [-0.4, -0.2) is 29.3 Å². The van der Waals surface area contributed by atoms with Crippen LogP contribution in [0.25, 0.3) is 0 Å². The highest BCUT2D eigenvalue weighted by atomic mass is 16.5. The first kappa shape index (κ1) is 19.2. The highest BCUT2D eigenvalue weighted by Gasteiger charge is 2.04. The van der Waals surface area contributed by atoms with E-state index in [0.717, 1.165) is 12.3 Å².